The quantitative estimate of drug-likeness (QED) is 0.517. The van der Waals surface area contributed by atoms with Crippen LogP contribution in [-0.4, -0.2) is 55.0 Å². The second-order valence-electron chi connectivity index (χ2n) is 8.13. The number of amides is 2. The third kappa shape index (κ3) is 4.99. The van der Waals surface area contributed by atoms with E-state index in [0.29, 0.717) is 6.54 Å². The van der Waals surface area contributed by atoms with Gasteiger partial charge in [-0.2, -0.15) is 0 Å². The number of benzene rings is 2. The Morgan fingerprint density at radius 2 is 1.97 bits per heavy atom. The molecule has 33 heavy (non-hydrogen) atoms. The molecule has 0 fully saturated rings. The van der Waals surface area contributed by atoms with Gasteiger partial charge >= 0.3 is 0 Å². The topological polar surface area (TPSA) is 49.9 Å². The number of fused-ring (bicyclic) bond motifs is 1. The fourth-order valence-corrected chi connectivity index (χ4v) is 5.23. The highest BCUT2D eigenvalue weighted by Crippen LogP contribution is 2.39. The van der Waals surface area contributed by atoms with Crippen molar-refractivity contribution >= 4 is 23.2 Å². The van der Waals surface area contributed by atoms with Crippen molar-refractivity contribution in [3.8, 4) is 0 Å². The summed E-state index contributed by atoms with van der Waals surface area (Å²) >= 11 is 1.72. The minimum Gasteiger partial charge on any atom is -0.383 e. The summed E-state index contributed by atoms with van der Waals surface area (Å²) in [4.78, 5) is 31.3. The third-order valence-electron chi connectivity index (χ3n) is 6.02. The third-order valence-corrected chi connectivity index (χ3v) is 7.02. The summed E-state index contributed by atoms with van der Waals surface area (Å²) in [6.07, 6.45) is 0.789. The van der Waals surface area contributed by atoms with Crippen molar-refractivity contribution in [2.45, 2.75) is 19.4 Å². The first-order chi connectivity index (χ1) is 16.0. The summed E-state index contributed by atoms with van der Waals surface area (Å²) in [5.41, 5.74) is 3.57. The molecule has 0 saturated carbocycles. The van der Waals surface area contributed by atoms with Gasteiger partial charge in [0.1, 0.15) is 12.4 Å². The van der Waals surface area contributed by atoms with Gasteiger partial charge < -0.3 is 14.5 Å². The standard InChI is InChI=1S/C26H27FN2O3S/c1-18-6-3-4-9-21(18)25-22-11-15-33-23(22)10-12-29(25)24(30)17-28(13-14-32-2)26(31)19-7-5-8-20(27)16-19/h3-9,11,15-16,25H,10,12-14,17H2,1-2H3. The molecule has 172 valence electrons. The molecule has 7 heteroatoms. The summed E-state index contributed by atoms with van der Waals surface area (Å²) in [6.45, 7) is 3.06. The molecule has 0 N–H and O–H groups in total. The van der Waals surface area contributed by atoms with Gasteiger partial charge in [-0.05, 0) is 59.7 Å². The van der Waals surface area contributed by atoms with Crippen molar-refractivity contribution in [1.29, 1.82) is 0 Å². The average Bonchev–Trinajstić information content (AvgIpc) is 3.30. The first-order valence-corrected chi connectivity index (χ1v) is 11.8. The highest BCUT2D eigenvalue weighted by Gasteiger charge is 2.34. The van der Waals surface area contributed by atoms with E-state index in [0.717, 1.165) is 23.1 Å². The predicted octanol–water partition coefficient (Wildman–Crippen LogP) is 4.46. The Morgan fingerprint density at radius 3 is 2.73 bits per heavy atom. The summed E-state index contributed by atoms with van der Waals surface area (Å²) in [5, 5.41) is 2.07. The highest BCUT2D eigenvalue weighted by molar-refractivity contribution is 7.10. The molecule has 1 atom stereocenters. The molecule has 3 aromatic rings. The number of hydrogen-bond donors (Lipinski definition) is 0. The molecule has 5 nitrogen and oxygen atoms in total. The molecule has 2 heterocycles. The van der Waals surface area contributed by atoms with Crippen LogP contribution in [0.2, 0.25) is 0 Å². The lowest BCUT2D eigenvalue weighted by molar-refractivity contribution is -0.134. The first kappa shape index (κ1) is 23.1. The molecule has 1 aliphatic heterocycles. The molecule has 1 aliphatic rings. The van der Waals surface area contributed by atoms with Crippen molar-refractivity contribution in [3.05, 3.63) is 92.9 Å². The van der Waals surface area contributed by atoms with E-state index in [1.807, 2.05) is 17.0 Å². The molecule has 0 bridgehead atoms. The van der Waals surface area contributed by atoms with Gasteiger partial charge in [-0.25, -0.2) is 4.39 Å². The van der Waals surface area contributed by atoms with E-state index in [1.165, 1.54) is 28.0 Å². The molecule has 1 unspecified atom stereocenters. The van der Waals surface area contributed by atoms with Crippen LogP contribution in [0, 0.1) is 12.7 Å². The predicted molar refractivity (Wildman–Crippen MR) is 127 cm³/mol. The Balaban J connectivity index is 1.63. The maximum Gasteiger partial charge on any atom is 0.254 e. The molecule has 0 saturated heterocycles. The molecule has 1 aromatic heterocycles. The van der Waals surface area contributed by atoms with Gasteiger partial charge in [-0.15, -0.1) is 11.3 Å². The van der Waals surface area contributed by atoms with Gasteiger partial charge in [-0.3, -0.25) is 9.59 Å². The van der Waals surface area contributed by atoms with Gasteiger partial charge in [0.15, 0.2) is 0 Å². The normalized spacial score (nSPS) is 15.2. The summed E-state index contributed by atoms with van der Waals surface area (Å²) in [6, 6.07) is 15.5. The SMILES string of the molecule is COCCN(CC(=O)N1CCc2sccc2C1c1ccccc1C)C(=O)c1cccc(F)c1. The van der Waals surface area contributed by atoms with Crippen LogP contribution >= 0.6 is 11.3 Å². The van der Waals surface area contributed by atoms with Crippen LogP contribution in [0.1, 0.15) is 38.0 Å². The largest absolute Gasteiger partial charge is 0.383 e. The number of methoxy groups -OCH3 is 1. The number of rotatable bonds is 7. The Hall–Kier alpha value is -3.03. The Kier molecular flexibility index (Phi) is 7.20. The van der Waals surface area contributed by atoms with Gasteiger partial charge in [0.25, 0.3) is 5.91 Å². The summed E-state index contributed by atoms with van der Waals surface area (Å²) < 4.78 is 18.9. The average molecular weight is 467 g/mol. The maximum atomic E-state index is 13.7. The number of halogens is 1. The first-order valence-electron chi connectivity index (χ1n) is 10.9. The number of carbonyl (C=O) groups excluding carboxylic acids is 2. The second-order valence-corrected chi connectivity index (χ2v) is 9.13. The molecule has 2 aromatic carbocycles. The van der Waals surface area contributed by atoms with Crippen molar-refractivity contribution in [1.82, 2.24) is 9.80 Å². The van der Waals surface area contributed by atoms with Gasteiger partial charge in [0.05, 0.1) is 12.6 Å². The zero-order valence-corrected chi connectivity index (χ0v) is 19.6. The Labute approximate surface area is 197 Å². The molecule has 0 aliphatic carbocycles. The van der Waals surface area contributed by atoms with E-state index in [1.54, 1.807) is 24.5 Å². The number of carbonyl (C=O) groups is 2. The van der Waals surface area contributed by atoms with Crippen molar-refractivity contribution < 1.29 is 18.7 Å². The lowest BCUT2D eigenvalue weighted by Crippen LogP contribution is -2.47. The van der Waals surface area contributed by atoms with Crippen molar-refractivity contribution in [2.75, 3.05) is 33.4 Å². The van der Waals surface area contributed by atoms with Crippen LogP contribution in [0.3, 0.4) is 0 Å². The fourth-order valence-electron chi connectivity index (χ4n) is 4.33. The Bertz CT molecular complexity index is 1150. The molecular weight excluding hydrogens is 439 g/mol. The van der Waals surface area contributed by atoms with Crippen LogP contribution in [0.5, 0.6) is 0 Å². The number of nitrogens with zero attached hydrogens (tertiary/aromatic N) is 2. The van der Waals surface area contributed by atoms with Crippen LogP contribution in [-0.2, 0) is 16.0 Å². The monoisotopic (exact) mass is 466 g/mol. The van der Waals surface area contributed by atoms with E-state index >= 15 is 0 Å². The van der Waals surface area contributed by atoms with E-state index < -0.39 is 5.82 Å². The summed E-state index contributed by atoms with van der Waals surface area (Å²) in [7, 11) is 1.55. The highest BCUT2D eigenvalue weighted by atomic mass is 32.1. The lowest BCUT2D eigenvalue weighted by atomic mass is 9.90. The smallest absolute Gasteiger partial charge is 0.254 e. The van der Waals surface area contributed by atoms with Crippen LogP contribution < -0.4 is 0 Å². The number of aryl methyl sites for hydroxylation is 1. The molecule has 2 amide bonds. The van der Waals surface area contributed by atoms with Gasteiger partial charge in [0.2, 0.25) is 5.91 Å². The van der Waals surface area contributed by atoms with Gasteiger partial charge in [-0.1, -0.05) is 30.3 Å². The van der Waals surface area contributed by atoms with Crippen molar-refractivity contribution in [2.24, 2.45) is 0 Å². The molecule has 0 spiro atoms. The van der Waals surface area contributed by atoms with Gasteiger partial charge in [0, 0.05) is 30.6 Å². The lowest BCUT2D eigenvalue weighted by Gasteiger charge is -2.38. The van der Waals surface area contributed by atoms with E-state index in [-0.39, 0.29) is 43.1 Å². The number of thiophene rings is 1. The van der Waals surface area contributed by atoms with Crippen LogP contribution in [0.4, 0.5) is 4.39 Å². The zero-order chi connectivity index (χ0) is 23.4. The molecule has 4 rings (SSSR count). The zero-order valence-electron chi connectivity index (χ0n) is 18.8. The number of hydrogen-bond acceptors (Lipinski definition) is 4. The molecular formula is C26H27FN2O3S. The van der Waals surface area contributed by atoms with E-state index in [2.05, 4.69) is 30.5 Å². The second kappa shape index (κ2) is 10.3. The van der Waals surface area contributed by atoms with Crippen molar-refractivity contribution in [3.63, 3.8) is 0 Å². The van der Waals surface area contributed by atoms with Crippen LogP contribution in [0.15, 0.2) is 60.0 Å². The Morgan fingerprint density at radius 1 is 1.15 bits per heavy atom. The number of ether oxygens (including phenoxy) is 1. The van der Waals surface area contributed by atoms with E-state index in [4.69, 9.17) is 4.74 Å². The summed E-state index contributed by atoms with van der Waals surface area (Å²) in [5.74, 6) is -1.01. The minimum atomic E-state index is -0.487. The fraction of sp³-hybridized carbons (Fsp3) is 0.308. The van der Waals surface area contributed by atoms with Crippen LogP contribution in [0.25, 0.3) is 0 Å². The van der Waals surface area contributed by atoms with E-state index in [9.17, 15) is 14.0 Å². The molecule has 0 radical (unpaired) electrons. The minimum absolute atomic E-state index is 0.0967. The maximum absolute atomic E-state index is 13.7.